The number of Topliss-reactive ketones (excluding diaryl/α,β-unsaturated/α-hetero) is 1. The van der Waals surface area contributed by atoms with Gasteiger partial charge >= 0.3 is 0 Å². The van der Waals surface area contributed by atoms with E-state index in [0.29, 0.717) is 5.56 Å². The maximum Gasteiger partial charge on any atom is 0.176 e. The second-order valence-electron chi connectivity index (χ2n) is 3.57. The first-order valence-corrected chi connectivity index (χ1v) is 6.17. The highest BCUT2D eigenvalue weighted by atomic mass is 32.2. The van der Waals surface area contributed by atoms with Crippen LogP contribution in [0.3, 0.4) is 0 Å². The lowest BCUT2D eigenvalue weighted by atomic mass is 10.1. The van der Waals surface area contributed by atoms with Gasteiger partial charge in [-0.2, -0.15) is 0 Å². The number of ketones is 1. The zero-order valence-corrected chi connectivity index (χ0v) is 10.1. The fourth-order valence-electron chi connectivity index (χ4n) is 1.45. The molecule has 17 heavy (non-hydrogen) atoms. The fourth-order valence-corrected chi connectivity index (χ4v) is 2.29. The zero-order chi connectivity index (χ0) is 12.1. The zero-order valence-electron chi connectivity index (χ0n) is 9.30. The van der Waals surface area contributed by atoms with Crippen molar-refractivity contribution in [3.8, 4) is 0 Å². The van der Waals surface area contributed by atoms with E-state index in [9.17, 15) is 4.79 Å². The van der Waals surface area contributed by atoms with Crippen LogP contribution in [0.25, 0.3) is 0 Å². The highest BCUT2D eigenvalue weighted by Gasteiger charge is 2.03. The minimum atomic E-state index is -0.0266. The molecule has 0 unspecified atom stereocenters. The van der Waals surface area contributed by atoms with Crippen LogP contribution in [0, 0.1) is 0 Å². The molecule has 2 nitrogen and oxygen atoms in total. The second-order valence-corrected chi connectivity index (χ2v) is 4.71. The first-order chi connectivity index (χ1) is 8.29. The van der Waals surface area contributed by atoms with Gasteiger partial charge in [0.25, 0.3) is 0 Å². The SMILES string of the molecule is NCC(=O)c1ccc(Sc2ccccc2)cc1. The second kappa shape index (κ2) is 5.66. The summed E-state index contributed by atoms with van der Waals surface area (Å²) in [5.74, 6) is -0.0266. The minimum Gasteiger partial charge on any atom is -0.324 e. The first kappa shape index (κ1) is 11.9. The molecule has 0 spiro atoms. The van der Waals surface area contributed by atoms with Crippen molar-refractivity contribution in [2.45, 2.75) is 9.79 Å². The van der Waals surface area contributed by atoms with Crippen LogP contribution in [0.1, 0.15) is 10.4 Å². The molecule has 2 aromatic carbocycles. The topological polar surface area (TPSA) is 43.1 Å². The molecule has 2 rings (SSSR count). The van der Waals surface area contributed by atoms with Gasteiger partial charge in [-0.15, -0.1) is 0 Å². The van der Waals surface area contributed by atoms with E-state index in [1.165, 1.54) is 4.90 Å². The van der Waals surface area contributed by atoms with Gasteiger partial charge in [0.2, 0.25) is 0 Å². The van der Waals surface area contributed by atoms with Crippen molar-refractivity contribution >= 4 is 17.5 Å². The van der Waals surface area contributed by atoms with Crippen molar-refractivity contribution in [3.05, 3.63) is 60.2 Å². The summed E-state index contributed by atoms with van der Waals surface area (Å²) < 4.78 is 0. The van der Waals surface area contributed by atoms with Gasteiger partial charge in [-0.05, 0) is 24.3 Å². The molecule has 0 aliphatic rings. The lowest BCUT2D eigenvalue weighted by molar-refractivity contribution is 0.100. The molecule has 0 radical (unpaired) electrons. The summed E-state index contributed by atoms with van der Waals surface area (Å²) in [6.45, 7) is 0.0607. The van der Waals surface area contributed by atoms with E-state index in [4.69, 9.17) is 5.73 Å². The van der Waals surface area contributed by atoms with Gasteiger partial charge in [-0.1, -0.05) is 42.1 Å². The van der Waals surface area contributed by atoms with Crippen molar-refractivity contribution in [1.29, 1.82) is 0 Å². The minimum absolute atomic E-state index is 0.0266. The molecule has 0 aliphatic heterocycles. The first-order valence-electron chi connectivity index (χ1n) is 5.36. The Kier molecular flexibility index (Phi) is 3.96. The van der Waals surface area contributed by atoms with Crippen LogP contribution in [-0.2, 0) is 0 Å². The molecular formula is C14H13NOS. The van der Waals surface area contributed by atoms with E-state index in [1.807, 2.05) is 42.5 Å². The van der Waals surface area contributed by atoms with Gasteiger partial charge in [-0.3, -0.25) is 4.79 Å². The summed E-state index contributed by atoms with van der Waals surface area (Å²) in [6, 6.07) is 17.7. The van der Waals surface area contributed by atoms with Gasteiger partial charge in [0.1, 0.15) is 0 Å². The van der Waals surface area contributed by atoms with Gasteiger partial charge in [0.15, 0.2) is 5.78 Å². The largest absolute Gasteiger partial charge is 0.324 e. The molecule has 0 fully saturated rings. The Morgan fingerprint density at radius 2 is 1.53 bits per heavy atom. The number of benzene rings is 2. The van der Waals surface area contributed by atoms with E-state index in [1.54, 1.807) is 11.8 Å². The van der Waals surface area contributed by atoms with Crippen LogP contribution in [0.2, 0.25) is 0 Å². The Morgan fingerprint density at radius 1 is 0.941 bits per heavy atom. The standard InChI is InChI=1S/C14H13NOS/c15-10-14(16)11-6-8-13(9-7-11)17-12-4-2-1-3-5-12/h1-9H,10,15H2. The molecule has 0 atom stereocenters. The fraction of sp³-hybridized carbons (Fsp3) is 0.0714. The Hall–Kier alpha value is -1.58. The highest BCUT2D eigenvalue weighted by Crippen LogP contribution is 2.27. The number of nitrogens with two attached hydrogens (primary N) is 1. The van der Waals surface area contributed by atoms with E-state index in [0.717, 1.165) is 4.90 Å². The average Bonchev–Trinajstić information content (AvgIpc) is 2.40. The van der Waals surface area contributed by atoms with Crippen molar-refractivity contribution in [2.75, 3.05) is 6.54 Å². The predicted octanol–water partition coefficient (Wildman–Crippen LogP) is 2.98. The smallest absolute Gasteiger partial charge is 0.176 e. The van der Waals surface area contributed by atoms with Crippen molar-refractivity contribution in [1.82, 2.24) is 0 Å². The van der Waals surface area contributed by atoms with Crippen molar-refractivity contribution in [3.63, 3.8) is 0 Å². The number of carbonyl (C=O) groups excluding carboxylic acids is 1. The molecule has 0 heterocycles. The molecule has 0 bridgehead atoms. The number of hydrogen-bond donors (Lipinski definition) is 1. The molecule has 3 heteroatoms. The molecular weight excluding hydrogens is 230 g/mol. The molecule has 0 saturated heterocycles. The molecule has 0 aromatic heterocycles. The van der Waals surface area contributed by atoms with Crippen LogP contribution in [0.15, 0.2) is 64.4 Å². The van der Waals surface area contributed by atoms with E-state index in [2.05, 4.69) is 12.1 Å². The number of hydrogen-bond acceptors (Lipinski definition) is 3. The Morgan fingerprint density at radius 3 is 2.12 bits per heavy atom. The molecule has 2 aromatic rings. The summed E-state index contributed by atoms with van der Waals surface area (Å²) in [5, 5.41) is 0. The molecule has 0 amide bonds. The quantitative estimate of drug-likeness (QED) is 0.839. The van der Waals surface area contributed by atoms with Gasteiger partial charge in [-0.25, -0.2) is 0 Å². The molecule has 2 N–H and O–H groups in total. The van der Waals surface area contributed by atoms with Gasteiger partial charge < -0.3 is 5.73 Å². The number of carbonyl (C=O) groups is 1. The number of rotatable bonds is 4. The lowest BCUT2D eigenvalue weighted by Crippen LogP contribution is -2.13. The van der Waals surface area contributed by atoms with Crippen LogP contribution >= 0.6 is 11.8 Å². The maximum absolute atomic E-state index is 11.4. The Labute approximate surface area is 105 Å². The van der Waals surface area contributed by atoms with Crippen LogP contribution in [0.5, 0.6) is 0 Å². The van der Waals surface area contributed by atoms with Gasteiger partial charge in [0.05, 0.1) is 6.54 Å². The third-order valence-electron chi connectivity index (χ3n) is 2.34. The lowest BCUT2D eigenvalue weighted by Gasteiger charge is -2.02. The Balaban J connectivity index is 2.11. The summed E-state index contributed by atoms with van der Waals surface area (Å²) in [5.41, 5.74) is 5.98. The average molecular weight is 243 g/mol. The maximum atomic E-state index is 11.4. The monoisotopic (exact) mass is 243 g/mol. The Bertz CT molecular complexity index is 493. The van der Waals surface area contributed by atoms with E-state index in [-0.39, 0.29) is 12.3 Å². The molecule has 86 valence electrons. The van der Waals surface area contributed by atoms with Crippen molar-refractivity contribution in [2.24, 2.45) is 5.73 Å². The van der Waals surface area contributed by atoms with Gasteiger partial charge in [0, 0.05) is 15.4 Å². The van der Waals surface area contributed by atoms with E-state index < -0.39 is 0 Å². The normalized spacial score (nSPS) is 10.2. The molecule has 0 aliphatic carbocycles. The highest BCUT2D eigenvalue weighted by molar-refractivity contribution is 7.99. The summed E-state index contributed by atoms with van der Waals surface area (Å²) in [7, 11) is 0. The van der Waals surface area contributed by atoms with Crippen LogP contribution < -0.4 is 5.73 Å². The van der Waals surface area contributed by atoms with Crippen molar-refractivity contribution < 1.29 is 4.79 Å². The predicted molar refractivity (Wildman–Crippen MR) is 70.4 cm³/mol. The van der Waals surface area contributed by atoms with Crippen LogP contribution in [0.4, 0.5) is 0 Å². The summed E-state index contributed by atoms with van der Waals surface area (Å²) in [6.07, 6.45) is 0. The molecule has 0 saturated carbocycles. The van der Waals surface area contributed by atoms with E-state index >= 15 is 0 Å². The summed E-state index contributed by atoms with van der Waals surface area (Å²) >= 11 is 1.67. The third-order valence-corrected chi connectivity index (χ3v) is 3.36. The third kappa shape index (κ3) is 3.19. The summed E-state index contributed by atoms with van der Waals surface area (Å²) in [4.78, 5) is 13.7. The van der Waals surface area contributed by atoms with Crippen LogP contribution in [-0.4, -0.2) is 12.3 Å².